The molecule has 1 aromatic rings. The fourth-order valence-electron chi connectivity index (χ4n) is 4.86. The first-order valence-corrected chi connectivity index (χ1v) is 11.1. The molecule has 1 saturated carbocycles. The quantitative estimate of drug-likeness (QED) is 0.803. The van der Waals surface area contributed by atoms with Crippen LogP contribution in [-0.2, 0) is 10.3 Å². The van der Waals surface area contributed by atoms with Crippen LogP contribution in [0.5, 0.6) is 0 Å². The first-order chi connectivity index (χ1) is 13.5. The third kappa shape index (κ3) is 4.31. The largest absolute Gasteiger partial charge is 0.444 e. The molecule has 1 aromatic carbocycles. The van der Waals surface area contributed by atoms with Crippen LogP contribution in [0.2, 0.25) is 0 Å². The molecular weight excluding hydrogens is 362 g/mol. The number of nitrogens with zero attached hydrogens (tertiary/aromatic N) is 2. The average molecular weight is 400 g/mol. The Morgan fingerprint density at radius 2 is 1.69 bits per heavy atom. The molecule has 2 aliphatic heterocycles. The van der Waals surface area contributed by atoms with Gasteiger partial charge in [0.2, 0.25) is 0 Å². The van der Waals surface area contributed by atoms with Gasteiger partial charge in [-0.1, -0.05) is 38.1 Å². The van der Waals surface area contributed by atoms with Crippen molar-refractivity contribution in [3.05, 3.63) is 35.4 Å². The summed E-state index contributed by atoms with van der Waals surface area (Å²) in [5.74, 6) is 0.639. The molecular formula is C24H37N3O2. The lowest BCUT2D eigenvalue weighted by atomic mass is 9.71. The molecule has 2 heterocycles. The van der Waals surface area contributed by atoms with Gasteiger partial charge in [-0.2, -0.15) is 0 Å². The number of carbonyl (C=O) groups is 1. The Balaban J connectivity index is 1.36. The van der Waals surface area contributed by atoms with Crippen LogP contribution in [0.1, 0.15) is 71.0 Å². The zero-order chi connectivity index (χ0) is 21.0. The van der Waals surface area contributed by atoms with Crippen molar-refractivity contribution in [2.24, 2.45) is 17.1 Å². The van der Waals surface area contributed by atoms with E-state index in [4.69, 9.17) is 10.5 Å². The maximum absolute atomic E-state index is 12.2. The monoisotopic (exact) mass is 399 g/mol. The van der Waals surface area contributed by atoms with Crippen LogP contribution in [0.15, 0.2) is 24.3 Å². The molecule has 5 nitrogen and oxygen atoms in total. The van der Waals surface area contributed by atoms with Crippen LogP contribution in [0.4, 0.5) is 4.79 Å². The van der Waals surface area contributed by atoms with Gasteiger partial charge in [-0.25, -0.2) is 4.79 Å². The van der Waals surface area contributed by atoms with Gasteiger partial charge in [-0.3, -0.25) is 4.90 Å². The summed E-state index contributed by atoms with van der Waals surface area (Å²) in [4.78, 5) is 16.7. The van der Waals surface area contributed by atoms with Gasteiger partial charge >= 0.3 is 6.09 Å². The number of nitrogens with two attached hydrogens (primary N) is 1. The van der Waals surface area contributed by atoms with E-state index in [0.29, 0.717) is 12.0 Å². The van der Waals surface area contributed by atoms with Crippen LogP contribution in [0.25, 0.3) is 0 Å². The van der Waals surface area contributed by atoms with E-state index in [-0.39, 0.29) is 17.0 Å². The van der Waals surface area contributed by atoms with E-state index in [0.717, 1.165) is 45.4 Å². The topological polar surface area (TPSA) is 58.8 Å². The highest BCUT2D eigenvalue weighted by molar-refractivity contribution is 5.69. The number of ether oxygens (including phenoxy) is 1. The minimum Gasteiger partial charge on any atom is -0.444 e. The van der Waals surface area contributed by atoms with Crippen molar-refractivity contribution in [3.8, 4) is 0 Å². The van der Waals surface area contributed by atoms with Crippen LogP contribution in [0.3, 0.4) is 0 Å². The highest BCUT2D eigenvalue weighted by Gasteiger charge is 2.55. The molecule has 5 heteroatoms. The molecule has 0 aromatic heterocycles. The van der Waals surface area contributed by atoms with Crippen molar-refractivity contribution in [1.29, 1.82) is 0 Å². The molecule has 0 radical (unpaired) electrons. The zero-order valence-electron chi connectivity index (χ0n) is 18.7. The summed E-state index contributed by atoms with van der Waals surface area (Å²) < 4.78 is 5.51. The average Bonchev–Trinajstić information content (AvgIpc) is 3.28. The standard InChI is InChI=1S/C24H37N3O2/c1-17(2)12-20(18-6-8-19(9-7-18)24(25)10-11-24)26-13-23(14-26)15-27(16-23)21(28)29-22(3,4)5/h6-9,17,20H,10-16,25H2,1-5H3. The van der Waals surface area contributed by atoms with E-state index in [1.54, 1.807) is 0 Å². The molecule has 1 spiro atoms. The Hall–Kier alpha value is -1.59. The predicted molar refractivity (Wildman–Crippen MR) is 116 cm³/mol. The number of hydrogen-bond donors (Lipinski definition) is 1. The second-order valence-corrected chi connectivity index (χ2v) is 11.2. The normalized spacial score (nSPS) is 23.5. The molecule has 3 aliphatic rings. The SMILES string of the molecule is CC(C)CC(c1ccc(C2(N)CC2)cc1)N1CC2(CN(C(=O)OC(C)(C)C)C2)C1. The van der Waals surface area contributed by atoms with Gasteiger partial charge in [0.05, 0.1) is 0 Å². The third-order valence-electron chi connectivity index (χ3n) is 6.58. The molecule has 4 rings (SSSR count). The summed E-state index contributed by atoms with van der Waals surface area (Å²) in [6, 6.07) is 9.48. The number of hydrogen-bond acceptors (Lipinski definition) is 4. The molecule has 2 saturated heterocycles. The molecule has 1 unspecified atom stereocenters. The van der Waals surface area contributed by atoms with Gasteiger partial charge in [0.1, 0.15) is 5.60 Å². The van der Waals surface area contributed by atoms with E-state index in [1.807, 2.05) is 25.7 Å². The van der Waals surface area contributed by atoms with Crippen molar-refractivity contribution in [3.63, 3.8) is 0 Å². The molecule has 2 N–H and O–H groups in total. The first kappa shape index (κ1) is 20.7. The fourth-order valence-corrected chi connectivity index (χ4v) is 4.86. The Labute approximate surface area is 175 Å². The second-order valence-electron chi connectivity index (χ2n) is 11.2. The van der Waals surface area contributed by atoms with Crippen molar-refractivity contribution in [1.82, 2.24) is 9.80 Å². The Bertz CT molecular complexity index is 747. The van der Waals surface area contributed by atoms with Gasteiger partial charge < -0.3 is 15.4 Å². The van der Waals surface area contributed by atoms with Gasteiger partial charge in [0.15, 0.2) is 0 Å². The minimum atomic E-state index is -0.428. The van der Waals surface area contributed by atoms with Gasteiger partial charge in [0.25, 0.3) is 0 Å². The number of likely N-dealkylation sites (tertiary alicyclic amines) is 2. The highest BCUT2D eigenvalue weighted by atomic mass is 16.6. The summed E-state index contributed by atoms with van der Waals surface area (Å²) in [6.07, 6.45) is 3.18. The van der Waals surface area contributed by atoms with E-state index in [2.05, 4.69) is 43.0 Å². The second kappa shape index (κ2) is 6.98. The molecule has 0 bridgehead atoms. The van der Waals surface area contributed by atoms with Crippen LogP contribution in [0, 0.1) is 11.3 Å². The summed E-state index contributed by atoms with van der Waals surface area (Å²) in [7, 11) is 0. The lowest BCUT2D eigenvalue weighted by Crippen LogP contribution is -2.73. The van der Waals surface area contributed by atoms with E-state index >= 15 is 0 Å². The predicted octanol–water partition coefficient (Wildman–Crippen LogP) is 4.27. The number of rotatable bonds is 5. The maximum atomic E-state index is 12.2. The first-order valence-electron chi connectivity index (χ1n) is 11.1. The van der Waals surface area contributed by atoms with E-state index in [9.17, 15) is 4.79 Å². The summed E-state index contributed by atoms with van der Waals surface area (Å²) in [5.41, 5.74) is 8.80. The van der Waals surface area contributed by atoms with E-state index in [1.165, 1.54) is 11.1 Å². The Kier molecular flexibility index (Phi) is 4.98. The number of amides is 1. The van der Waals surface area contributed by atoms with Gasteiger partial charge in [-0.15, -0.1) is 0 Å². The lowest BCUT2D eigenvalue weighted by molar-refractivity contribution is -0.129. The van der Waals surface area contributed by atoms with Crippen LogP contribution >= 0.6 is 0 Å². The summed E-state index contributed by atoms with van der Waals surface area (Å²) in [6.45, 7) is 14.1. The van der Waals surface area contributed by atoms with E-state index < -0.39 is 5.60 Å². The number of carbonyl (C=O) groups excluding carboxylic acids is 1. The molecule has 160 valence electrons. The number of benzene rings is 1. The van der Waals surface area contributed by atoms with Gasteiger partial charge in [-0.05, 0) is 57.1 Å². The Morgan fingerprint density at radius 3 is 2.17 bits per heavy atom. The highest BCUT2D eigenvalue weighted by Crippen LogP contribution is 2.46. The smallest absolute Gasteiger partial charge is 0.410 e. The Morgan fingerprint density at radius 1 is 1.10 bits per heavy atom. The minimum absolute atomic E-state index is 0.0655. The molecule has 1 amide bonds. The van der Waals surface area contributed by atoms with Crippen LogP contribution in [-0.4, -0.2) is 47.7 Å². The van der Waals surface area contributed by atoms with Crippen molar-refractivity contribution >= 4 is 6.09 Å². The van der Waals surface area contributed by atoms with Crippen LogP contribution < -0.4 is 5.73 Å². The molecule has 1 aliphatic carbocycles. The lowest BCUT2D eigenvalue weighted by Gasteiger charge is -2.61. The van der Waals surface area contributed by atoms with Crippen molar-refractivity contribution in [2.75, 3.05) is 26.2 Å². The van der Waals surface area contributed by atoms with Crippen molar-refractivity contribution < 1.29 is 9.53 Å². The van der Waals surface area contributed by atoms with Crippen molar-refractivity contribution in [2.45, 2.75) is 71.1 Å². The molecule has 3 fully saturated rings. The maximum Gasteiger partial charge on any atom is 0.410 e. The summed E-state index contributed by atoms with van der Waals surface area (Å²) in [5, 5.41) is 0. The zero-order valence-corrected chi connectivity index (χ0v) is 18.7. The third-order valence-corrected chi connectivity index (χ3v) is 6.58. The summed E-state index contributed by atoms with van der Waals surface area (Å²) >= 11 is 0. The molecule has 29 heavy (non-hydrogen) atoms. The molecule has 1 atom stereocenters. The fraction of sp³-hybridized carbons (Fsp3) is 0.708. The van der Waals surface area contributed by atoms with Gasteiger partial charge in [0, 0.05) is 43.2 Å².